The number of nitrogens with zero attached hydrogens (tertiary/aromatic N) is 1. The van der Waals surface area contributed by atoms with Crippen LogP contribution in [0.3, 0.4) is 0 Å². The van der Waals surface area contributed by atoms with Crippen molar-refractivity contribution in [3.63, 3.8) is 0 Å². The van der Waals surface area contributed by atoms with E-state index in [0.717, 1.165) is 31.4 Å². The third-order valence-corrected chi connectivity index (χ3v) is 7.23. The number of hydrogen-bond acceptors (Lipinski definition) is 3. The lowest BCUT2D eigenvalue weighted by atomic mass is 9.99. The Morgan fingerprint density at radius 1 is 1.12 bits per heavy atom. The molecule has 0 bridgehead atoms. The fraction of sp³-hybridized carbons (Fsp3) is 0.316. The molecule has 1 fully saturated rings. The largest absolute Gasteiger partial charge is 0.338 e. The van der Waals surface area contributed by atoms with Gasteiger partial charge in [-0.05, 0) is 70.6 Å². The zero-order valence-corrected chi connectivity index (χ0v) is 16.5. The van der Waals surface area contributed by atoms with E-state index in [2.05, 4.69) is 20.7 Å². The van der Waals surface area contributed by atoms with Crippen molar-refractivity contribution in [3.05, 3.63) is 58.1 Å². The maximum absolute atomic E-state index is 12.7. The minimum atomic E-state index is -3.68. The molecule has 0 aromatic heterocycles. The molecule has 136 valence electrons. The van der Waals surface area contributed by atoms with Crippen LogP contribution in [0, 0.1) is 5.92 Å². The monoisotopic (exact) mass is 434 g/mol. The summed E-state index contributed by atoms with van der Waals surface area (Å²) < 4.78 is 28.5. The van der Waals surface area contributed by atoms with Gasteiger partial charge in [-0.1, -0.05) is 18.2 Å². The summed E-state index contributed by atoms with van der Waals surface area (Å²) in [4.78, 5) is 14.4. The molecule has 0 unspecified atom stereocenters. The molecule has 4 rings (SSSR count). The lowest BCUT2D eigenvalue weighted by Crippen LogP contribution is -2.36. The number of sulfonamides is 1. The minimum Gasteiger partial charge on any atom is -0.338 e. The van der Waals surface area contributed by atoms with Crippen molar-refractivity contribution in [1.29, 1.82) is 0 Å². The summed E-state index contributed by atoms with van der Waals surface area (Å²) in [6.45, 7) is 1.29. The van der Waals surface area contributed by atoms with Crippen LogP contribution >= 0.6 is 15.9 Å². The highest BCUT2D eigenvalue weighted by Gasteiger charge is 2.34. The van der Waals surface area contributed by atoms with Crippen LogP contribution in [-0.4, -0.2) is 25.8 Å². The second kappa shape index (κ2) is 6.70. The molecule has 1 saturated carbocycles. The van der Waals surface area contributed by atoms with Gasteiger partial charge < -0.3 is 4.90 Å². The van der Waals surface area contributed by atoms with Crippen LogP contribution in [0.4, 0.5) is 5.69 Å². The quantitative estimate of drug-likeness (QED) is 0.799. The Bertz CT molecular complexity index is 970. The smallest absolute Gasteiger partial charge is 0.263 e. The molecule has 1 aliphatic heterocycles. The minimum absolute atomic E-state index is 0.197. The number of benzene rings is 2. The number of carbonyl (C=O) groups excluding carboxylic acids is 1. The predicted molar refractivity (Wildman–Crippen MR) is 103 cm³/mol. The van der Waals surface area contributed by atoms with Gasteiger partial charge in [0.25, 0.3) is 10.0 Å². The van der Waals surface area contributed by atoms with Gasteiger partial charge in [-0.2, -0.15) is 0 Å². The SMILES string of the molecule is O=C(C1CC1)N1CCc2ccc(NS(=O)(=O)c3ccccc3Br)cc2C1. The van der Waals surface area contributed by atoms with Crippen LogP contribution in [0.15, 0.2) is 51.8 Å². The van der Waals surface area contributed by atoms with Crippen molar-refractivity contribution in [2.24, 2.45) is 5.92 Å². The molecule has 2 aromatic carbocycles. The molecule has 7 heteroatoms. The fourth-order valence-electron chi connectivity index (χ4n) is 3.27. The van der Waals surface area contributed by atoms with Crippen LogP contribution in [-0.2, 0) is 27.8 Å². The molecule has 26 heavy (non-hydrogen) atoms. The summed E-state index contributed by atoms with van der Waals surface area (Å²) >= 11 is 3.29. The third-order valence-electron chi connectivity index (χ3n) is 4.84. The average molecular weight is 435 g/mol. The molecule has 2 aliphatic rings. The second-order valence-corrected chi connectivity index (χ2v) is 9.31. The highest BCUT2D eigenvalue weighted by Crippen LogP contribution is 2.33. The number of carbonyl (C=O) groups is 1. The number of halogens is 1. The second-order valence-electron chi connectivity index (χ2n) is 6.80. The first-order chi connectivity index (χ1) is 12.4. The highest BCUT2D eigenvalue weighted by atomic mass is 79.9. The first kappa shape index (κ1) is 17.5. The summed E-state index contributed by atoms with van der Waals surface area (Å²) in [6.07, 6.45) is 2.80. The molecule has 2 aromatic rings. The van der Waals surface area contributed by atoms with E-state index >= 15 is 0 Å². The first-order valence-electron chi connectivity index (χ1n) is 8.62. The van der Waals surface area contributed by atoms with Gasteiger partial charge in [-0.3, -0.25) is 9.52 Å². The molecule has 1 amide bonds. The Morgan fingerprint density at radius 3 is 2.62 bits per heavy atom. The Balaban J connectivity index is 1.56. The Hall–Kier alpha value is -1.86. The molecular formula is C19H19BrN2O3S. The normalized spacial score (nSPS) is 16.9. The third kappa shape index (κ3) is 3.50. The zero-order valence-electron chi connectivity index (χ0n) is 14.1. The molecule has 0 atom stereocenters. The van der Waals surface area contributed by atoms with E-state index < -0.39 is 10.0 Å². The number of amides is 1. The van der Waals surface area contributed by atoms with Crippen molar-refractivity contribution in [1.82, 2.24) is 4.90 Å². The lowest BCUT2D eigenvalue weighted by Gasteiger charge is -2.29. The molecule has 0 spiro atoms. The number of nitrogens with one attached hydrogen (secondary N) is 1. The summed E-state index contributed by atoms with van der Waals surface area (Å²) in [7, 11) is -3.68. The van der Waals surface area contributed by atoms with Crippen molar-refractivity contribution >= 4 is 37.5 Å². The van der Waals surface area contributed by atoms with E-state index in [1.807, 2.05) is 17.0 Å². The molecular weight excluding hydrogens is 416 g/mol. The van der Waals surface area contributed by atoms with E-state index in [1.54, 1.807) is 30.3 Å². The van der Waals surface area contributed by atoms with Crippen molar-refractivity contribution < 1.29 is 13.2 Å². The zero-order chi connectivity index (χ0) is 18.3. The summed E-state index contributed by atoms with van der Waals surface area (Å²) in [5.41, 5.74) is 2.70. The number of anilines is 1. The average Bonchev–Trinajstić information content (AvgIpc) is 3.45. The lowest BCUT2D eigenvalue weighted by molar-refractivity contribution is -0.133. The van der Waals surface area contributed by atoms with Crippen molar-refractivity contribution in [2.75, 3.05) is 11.3 Å². The van der Waals surface area contributed by atoms with Crippen LogP contribution in [0.5, 0.6) is 0 Å². The van der Waals surface area contributed by atoms with Gasteiger partial charge in [0.05, 0.1) is 0 Å². The maximum Gasteiger partial charge on any atom is 0.263 e. The number of hydrogen-bond donors (Lipinski definition) is 1. The van der Waals surface area contributed by atoms with Crippen LogP contribution in [0.2, 0.25) is 0 Å². The van der Waals surface area contributed by atoms with Gasteiger partial charge >= 0.3 is 0 Å². The van der Waals surface area contributed by atoms with E-state index in [9.17, 15) is 13.2 Å². The predicted octanol–water partition coefficient (Wildman–Crippen LogP) is 3.54. The van der Waals surface area contributed by atoms with Crippen LogP contribution in [0.1, 0.15) is 24.0 Å². The van der Waals surface area contributed by atoms with Gasteiger partial charge in [-0.25, -0.2) is 8.42 Å². The topological polar surface area (TPSA) is 66.5 Å². The van der Waals surface area contributed by atoms with E-state index in [1.165, 1.54) is 5.56 Å². The Labute approximate surface area is 161 Å². The number of rotatable bonds is 4. The highest BCUT2D eigenvalue weighted by molar-refractivity contribution is 9.10. The van der Waals surface area contributed by atoms with Crippen molar-refractivity contribution in [2.45, 2.75) is 30.7 Å². The standard InChI is InChI=1S/C19H19BrN2O3S/c20-17-3-1-2-4-18(17)26(24,25)21-16-8-7-13-9-10-22(12-15(13)11-16)19(23)14-5-6-14/h1-4,7-8,11,14,21H,5-6,9-10,12H2. The molecule has 1 aliphatic carbocycles. The van der Waals surface area contributed by atoms with Crippen LogP contribution in [0.25, 0.3) is 0 Å². The Kier molecular flexibility index (Phi) is 4.52. The molecule has 1 heterocycles. The van der Waals surface area contributed by atoms with Gasteiger partial charge in [0.2, 0.25) is 5.91 Å². The first-order valence-corrected chi connectivity index (χ1v) is 10.9. The summed E-state index contributed by atoms with van der Waals surface area (Å²) in [5, 5.41) is 0. The molecule has 1 N–H and O–H groups in total. The molecule has 0 radical (unpaired) electrons. The van der Waals surface area contributed by atoms with E-state index in [4.69, 9.17) is 0 Å². The fourth-order valence-corrected chi connectivity index (χ4v) is 5.32. The maximum atomic E-state index is 12.7. The summed E-state index contributed by atoms with van der Waals surface area (Å²) in [6, 6.07) is 12.3. The van der Waals surface area contributed by atoms with Gasteiger partial charge in [0.1, 0.15) is 4.90 Å². The van der Waals surface area contributed by atoms with Gasteiger partial charge in [0.15, 0.2) is 0 Å². The Morgan fingerprint density at radius 2 is 1.88 bits per heavy atom. The van der Waals surface area contributed by atoms with Gasteiger partial charge in [0, 0.05) is 29.2 Å². The van der Waals surface area contributed by atoms with E-state index in [-0.39, 0.29) is 16.7 Å². The van der Waals surface area contributed by atoms with Crippen molar-refractivity contribution in [3.8, 4) is 0 Å². The molecule has 5 nitrogen and oxygen atoms in total. The summed E-state index contributed by atoms with van der Waals surface area (Å²) in [5.74, 6) is 0.434. The number of fused-ring (bicyclic) bond motifs is 1. The van der Waals surface area contributed by atoms with Crippen LogP contribution < -0.4 is 4.72 Å². The molecule has 0 saturated heterocycles. The van der Waals surface area contributed by atoms with E-state index in [0.29, 0.717) is 16.7 Å². The van der Waals surface area contributed by atoms with Gasteiger partial charge in [-0.15, -0.1) is 0 Å².